The summed E-state index contributed by atoms with van der Waals surface area (Å²) < 4.78 is 0. The van der Waals surface area contributed by atoms with Gasteiger partial charge < -0.3 is 10.6 Å². The molecule has 2 rings (SSSR count). The van der Waals surface area contributed by atoms with Gasteiger partial charge in [0.2, 0.25) is 0 Å². The second-order valence-corrected chi connectivity index (χ2v) is 5.60. The molecule has 0 aromatic heterocycles. The Balaban J connectivity index is 2.10. The van der Waals surface area contributed by atoms with E-state index in [4.69, 9.17) is 28.5 Å². The van der Waals surface area contributed by atoms with Gasteiger partial charge in [-0.3, -0.25) is 4.79 Å². The van der Waals surface area contributed by atoms with Crippen molar-refractivity contribution < 1.29 is 4.79 Å². The van der Waals surface area contributed by atoms with E-state index in [1.807, 2.05) is 37.3 Å². The minimum absolute atomic E-state index is 0.0726. The molecule has 0 aliphatic carbocycles. The highest BCUT2D eigenvalue weighted by Gasteiger charge is 2.11. The van der Waals surface area contributed by atoms with Gasteiger partial charge in [0.15, 0.2) is 0 Å². The number of anilines is 2. The fourth-order valence-corrected chi connectivity index (χ4v) is 2.19. The summed E-state index contributed by atoms with van der Waals surface area (Å²) in [4.78, 5) is 12.1. The molecular formula is C17H13Cl2N3O. The van der Waals surface area contributed by atoms with Crippen LogP contribution in [0.2, 0.25) is 10.0 Å². The summed E-state index contributed by atoms with van der Waals surface area (Å²) in [6.45, 7) is 1.98. The van der Waals surface area contributed by atoms with Gasteiger partial charge in [-0.25, -0.2) is 0 Å². The van der Waals surface area contributed by atoms with Gasteiger partial charge in [-0.2, -0.15) is 5.26 Å². The molecule has 0 aliphatic rings. The first-order valence-corrected chi connectivity index (χ1v) is 7.45. The molecule has 2 N–H and O–H groups in total. The molecule has 0 atom stereocenters. The summed E-state index contributed by atoms with van der Waals surface area (Å²) in [5.41, 5.74) is 2.21. The van der Waals surface area contributed by atoms with E-state index >= 15 is 0 Å². The zero-order valence-electron chi connectivity index (χ0n) is 12.2. The van der Waals surface area contributed by atoms with Crippen LogP contribution in [-0.4, -0.2) is 5.91 Å². The van der Waals surface area contributed by atoms with E-state index in [0.717, 1.165) is 11.3 Å². The SMILES string of the molecule is Cc1ccc(N/C=C(/C#N)C(=O)Nc2ccc(Cl)cc2Cl)cc1. The van der Waals surface area contributed by atoms with Crippen molar-refractivity contribution >= 4 is 40.5 Å². The molecular weight excluding hydrogens is 333 g/mol. The maximum absolute atomic E-state index is 12.1. The van der Waals surface area contributed by atoms with Gasteiger partial charge in [0.25, 0.3) is 5.91 Å². The Morgan fingerprint density at radius 2 is 1.87 bits per heavy atom. The van der Waals surface area contributed by atoms with E-state index in [1.54, 1.807) is 12.1 Å². The van der Waals surface area contributed by atoms with Crippen molar-refractivity contribution in [2.45, 2.75) is 6.92 Å². The first-order valence-electron chi connectivity index (χ1n) is 6.69. The van der Waals surface area contributed by atoms with Crippen molar-refractivity contribution in [3.8, 4) is 6.07 Å². The highest BCUT2D eigenvalue weighted by atomic mass is 35.5. The van der Waals surface area contributed by atoms with Crippen LogP contribution >= 0.6 is 23.2 Å². The second-order valence-electron chi connectivity index (χ2n) is 4.76. The van der Waals surface area contributed by atoms with E-state index in [9.17, 15) is 4.79 Å². The van der Waals surface area contributed by atoms with Gasteiger partial charge in [0, 0.05) is 16.9 Å². The number of carbonyl (C=O) groups is 1. The average Bonchev–Trinajstić information content (AvgIpc) is 2.52. The van der Waals surface area contributed by atoms with Crippen molar-refractivity contribution in [1.29, 1.82) is 5.26 Å². The third-order valence-corrected chi connectivity index (χ3v) is 3.53. The molecule has 6 heteroatoms. The van der Waals surface area contributed by atoms with Crippen LogP contribution in [0.3, 0.4) is 0 Å². The summed E-state index contributed by atoms with van der Waals surface area (Å²) in [6.07, 6.45) is 1.35. The third-order valence-electron chi connectivity index (χ3n) is 2.98. The van der Waals surface area contributed by atoms with Crippen LogP contribution in [0.1, 0.15) is 5.56 Å². The Morgan fingerprint density at radius 1 is 1.17 bits per heavy atom. The number of hydrogen-bond donors (Lipinski definition) is 2. The smallest absolute Gasteiger partial charge is 0.267 e. The average molecular weight is 346 g/mol. The molecule has 0 spiro atoms. The maximum atomic E-state index is 12.1. The van der Waals surface area contributed by atoms with Crippen molar-refractivity contribution in [2.24, 2.45) is 0 Å². The molecule has 0 bridgehead atoms. The number of rotatable bonds is 4. The third kappa shape index (κ3) is 4.75. The fraction of sp³-hybridized carbons (Fsp3) is 0.0588. The number of benzene rings is 2. The Bertz CT molecular complexity index is 792. The van der Waals surface area contributed by atoms with Gasteiger partial charge in [0.1, 0.15) is 11.6 Å². The zero-order chi connectivity index (χ0) is 16.8. The summed E-state index contributed by atoms with van der Waals surface area (Å²) in [5, 5.41) is 15.4. The maximum Gasteiger partial charge on any atom is 0.267 e. The van der Waals surface area contributed by atoms with Crippen LogP contribution in [0, 0.1) is 18.3 Å². The van der Waals surface area contributed by atoms with Crippen LogP contribution in [0.25, 0.3) is 0 Å². The van der Waals surface area contributed by atoms with Crippen molar-refractivity contribution in [1.82, 2.24) is 0 Å². The van der Waals surface area contributed by atoms with Crippen molar-refractivity contribution in [3.05, 3.63) is 69.8 Å². The molecule has 1 amide bonds. The number of aryl methyl sites for hydroxylation is 1. The van der Waals surface area contributed by atoms with Crippen molar-refractivity contribution in [2.75, 3.05) is 10.6 Å². The molecule has 23 heavy (non-hydrogen) atoms. The number of hydrogen-bond acceptors (Lipinski definition) is 3. The largest absolute Gasteiger partial charge is 0.360 e. The lowest BCUT2D eigenvalue weighted by atomic mass is 10.2. The van der Waals surface area contributed by atoms with Crippen LogP contribution < -0.4 is 10.6 Å². The Morgan fingerprint density at radius 3 is 2.48 bits per heavy atom. The van der Waals surface area contributed by atoms with Crippen molar-refractivity contribution in [3.63, 3.8) is 0 Å². The monoisotopic (exact) mass is 345 g/mol. The number of carbonyl (C=O) groups excluding carboxylic acids is 1. The summed E-state index contributed by atoms with van der Waals surface area (Å²) in [6, 6.07) is 14.1. The predicted molar refractivity (Wildman–Crippen MR) is 93.6 cm³/mol. The highest BCUT2D eigenvalue weighted by molar-refractivity contribution is 6.36. The normalized spacial score (nSPS) is 10.8. The van der Waals surface area contributed by atoms with E-state index in [0.29, 0.717) is 15.7 Å². The quantitative estimate of drug-likeness (QED) is 0.620. The van der Waals surface area contributed by atoms with Gasteiger partial charge in [-0.05, 0) is 37.3 Å². The lowest BCUT2D eigenvalue weighted by molar-refractivity contribution is -0.112. The standard InChI is InChI=1S/C17H13Cl2N3O/c1-11-2-5-14(6-3-11)21-10-12(9-20)17(23)22-16-7-4-13(18)8-15(16)19/h2-8,10,21H,1H3,(H,22,23)/b12-10-. The summed E-state index contributed by atoms with van der Waals surface area (Å²) >= 11 is 11.8. The molecule has 116 valence electrons. The van der Waals surface area contributed by atoms with E-state index < -0.39 is 5.91 Å². The van der Waals surface area contributed by atoms with Gasteiger partial charge in [-0.15, -0.1) is 0 Å². The Hall–Kier alpha value is -2.48. The fourth-order valence-electron chi connectivity index (χ4n) is 1.73. The van der Waals surface area contributed by atoms with Crippen LogP contribution in [0.5, 0.6) is 0 Å². The highest BCUT2D eigenvalue weighted by Crippen LogP contribution is 2.25. The molecule has 0 aliphatic heterocycles. The minimum Gasteiger partial charge on any atom is -0.360 e. The number of nitriles is 1. The minimum atomic E-state index is -0.559. The second kappa shape index (κ2) is 7.68. The summed E-state index contributed by atoms with van der Waals surface area (Å²) in [5.74, 6) is -0.559. The first kappa shape index (κ1) is 16.9. The molecule has 0 saturated carbocycles. The topological polar surface area (TPSA) is 64.9 Å². The molecule has 0 radical (unpaired) electrons. The van der Waals surface area contributed by atoms with Crippen LogP contribution in [0.15, 0.2) is 54.2 Å². The lowest BCUT2D eigenvalue weighted by Crippen LogP contribution is -2.14. The zero-order valence-corrected chi connectivity index (χ0v) is 13.7. The lowest BCUT2D eigenvalue weighted by Gasteiger charge is -2.07. The number of nitrogens with one attached hydrogen (secondary N) is 2. The summed E-state index contributed by atoms with van der Waals surface area (Å²) in [7, 11) is 0. The molecule has 0 unspecified atom stereocenters. The Kier molecular flexibility index (Phi) is 5.64. The van der Waals surface area contributed by atoms with Crippen LogP contribution in [-0.2, 0) is 4.79 Å². The van der Waals surface area contributed by atoms with E-state index in [1.165, 1.54) is 12.3 Å². The number of halogens is 2. The number of amides is 1. The van der Waals surface area contributed by atoms with Gasteiger partial charge in [0.05, 0.1) is 10.7 Å². The molecule has 0 saturated heterocycles. The van der Waals surface area contributed by atoms with Gasteiger partial charge in [-0.1, -0.05) is 40.9 Å². The molecule has 4 nitrogen and oxygen atoms in total. The predicted octanol–water partition coefficient (Wildman–Crippen LogP) is 4.76. The van der Waals surface area contributed by atoms with E-state index in [2.05, 4.69) is 10.6 Å². The van der Waals surface area contributed by atoms with Gasteiger partial charge >= 0.3 is 0 Å². The Labute approximate surface area is 144 Å². The molecule has 0 fully saturated rings. The molecule has 0 heterocycles. The van der Waals surface area contributed by atoms with Crippen LogP contribution in [0.4, 0.5) is 11.4 Å². The number of nitrogens with zero attached hydrogens (tertiary/aromatic N) is 1. The molecule has 2 aromatic carbocycles. The molecule has 2 aromatic rings. The first-order chi connectivity index (χ1) is 11.0. The van der Waals surface area contributed by atoms with E-state index in [-0.39, 0.29) is 5.57 Å².